The molecule has 1 rings (SSSR count). The third-order valence-electron chi connectivity index (χ3n) is 2.86. The lowest BCUT2D eigenvalue weighted by Crippen LogP contribution is -2.38. The van der Waals surface area contributed by atoms with Crippen molar-refractivity contribution in [2.24, 2.45) is 5.73 Å². The van der Waals surface area contributed by atoms with Crippen LogP contribution in [-0.2, 0) is 11.2 Å². The smallest absolute Gasteiger partial charge is 0.255 e. The quantitative estimate of drug-likeness (QED) is 0.823. The maximum Gasteiger partial charge on any atom is 0.255 e. The molecule has 0 saturated carbocycles. The number of nitrogens with two attached hydrogens (primary N) is 1. The molecule has 0 atom stereocenters. The molecule has 0 aromatic heterocycles. The van der Waals surface area contributed by atoms with Crippen LogP contribution in [0.25, 0.3) is 0 Å². The SMILES string of the molecule is Cc1ccc(CCC(=O)N(CCN)CC(F)F)cc1. The molecule has 0 heterocycles. The van der Waals surface area contributed by atoms with Gasteiger partial charge in [0.2, 0.25) is 5.91 Å². The standard InChI is InChI=1S/C14H20F2N2O/c1-11-2-4-12(5-3-11)6-7-14(19)18(9-8-17)10-13(15)16/h2-5,13H,6-10,17H2,1H3. The summed E-state index contributed by atoms with van der Waals surface area (Å²) in [5, 5.41) is 0. The summed E-state index contributed by atoms with van der Waals surface area (Å²) in [5.74, 6) is -0.272. The molecule has 1 aromatic rings. The van der Waals surface area contributed by atoms with Gasteiger partial charge < -0.3 is 10.6 Å². The zero-order valence-electron chi connectivity index (χ0n) is 11.1. The summed E-state index contributed by atoms with van der Waals surface area (Å²) in [7, 11) is 0. The number of alkyl halides is 2. The molecule has 0 unspecified atom stereocenters. The Bertz CT molecular complexity index is 393. The van der Waals surface area contributed by atoms with E-state index in [0.717, 1.165) is 16.0 Å². The van der Waals surface area contributed by atoms with Crippen molar-refractivity contribution in [3.63, 3.8) is 0 Å². The number of nitrogens with zero attached hydrogens (tertiary/aromatic N) is 1. The Labute approximate surface area is 112 Å². The number of benzene rings is 1. The van der Waals surface area contributed by atoms with Crippen LogP contribution < -0.4 is 5.73 Å². The Balaban J connectivity index is 2.49. The van der Waals surface area contributed by atoms with Crippen molar-refractivity contribution < 1.29 is 13.6 Å². The van der Waals surface area contributed by atoms with E-state index < -0.39 is 13.0 Å². The summed E-state index contributed by atoms with van der Waals surface area (Å²) >= 11 is 0. The Morgan fingerprint density at radius 3 is 2.47 bits per heavy atom. The number of halogens is 2. The van der Waals surface area contributed by atoms with Crippen LogP contribution in [0.15, 0.2) is 24.3 Å². The lowest BCUT2D eigenvalue weighted by molar-refractivity contribution is -0.133. The first-order valence-corrected chi connectivity index (χ1v) is 6.34. The number of rotatable bonds is 7. The van der Waals surface area contributed by atoms with Crippen LogP contribution in [0.3, 0.4) is 0 Å². The average molecular weight is 270 g/mol. The van der Waals surface area contributed by atoms with E-state index in [2.05, 4.69) is 0 Å². The highest BCUT2D eigenvalue weighted by atomic mass is 19.3. The first kappa shape index (κ1) is 15.6. The summed E-state index contributed by atoms with van der Waals surface area (Å²) in [5.41, 5.74) is 7.51. The van der Waals surface area contributed by atoms with E-state index >= 15 is 0 Å². The first-order chi connectivity index (χ1) is 9.02. The fourth-order valence-electron chi connectivity index (χ4n) is 1.80. The summed E-state index contributed by atoms with van der Waals surface area (Å²) in [4.78, 5) is 13.0. The van der Waals surface area contributed by atoms with Gasteiger partial charge in [-0.3, -0.25) is 4.79 Å². The first-order valence-electron chi connectivity index (χ1n) is 6.34. The molecule has 1 aromatic carbocycles. The van der Waals surface area contributed by atoms with E-state index in [-0.39, 0.29) is 25.4 Å². The van der Waals surface area contributed by atoms with Gasteiger partial charge in [0, 0.05) is 19.5 Å². The molecule has 0 spiro atoms. The van der Waals surface area contributed by atoms with E-state index in [1.807, 2.05) is 31.2 Å². The molecule has 1 amide bonds. The van der Waals surface area contributed by atoms with Gasteiger partial charge in [-0.2, -0.15) is 0 Å². The Hall–Kier alpha value is -1.49. The van der Waals surface area contributed by atoms with Crippen molar-refractivity contribution in [2.75, 3.05) is 19.6 Å². The van der Waals surface area contributed by atoms with Gasteiger partial charge in [0.1, 0.15) is 0 Å². The lowest BCUT2D eigenvalue weighted by atomic mass is 10.1. The topological polar surface area (TPSA) is 46.3 Å². The lowest BCUT2D eigenvalue weighted by Gasteiger charge is -2.21. The minimum Gasteiger partial charge on any atom is -0.336 e. The van der Waals surface area contributed by atoms with E-state index in [1.165, 1.54) is 0 Å². The van der Waals surface area contributed by atoms with Gasteiger partial charge >= 0.3 is 0 Å². The highest BCUT2D eigenvalue weighted by molar-refractivity contribution is 5.76. The van der Waals surface area contributed by atoms with Crippen molar-refractivity contribution in [3.8, 4) is 0 Å². The summed E-state index contributed by atoms with van der Waals surface area (Å²) < 4.78 is 24.7. The van der Waals surface area contributed by atoms with E-state index in [1.54, 1.807) is 0 Å². The highest BCUT2D eigenvalue weighted by Gasteiger charge is 2.17. The second kappa shape index (κ2) is 7.84. The summed E-state index contributed by atoms with van der Waals surface area (Å²) in [6.45, 7) is 1.82. The maximum atomic E-state index is 12.3. The number of hydrogen-bond acceptors (Lipinski definition) is 2. The Morgan fingerprint density at radius 2 is 1.95 bits per heavy atom. The van der Waals surface area contributed by atoms with Crippen LogP contribution in [0.2, 0.25) is 0 Å². The third kappa shape index (κ3) is 5.79. The van der Waals surface area contributed by atoms with Crippen LogP contribution in [-0.4, -0.2) is 36.9 Å². The Morgan fingerprint density at radius 1 is 1.32 bits per heavy atom. The predicted molar refractivity (Wildman–Crippen MR) is 71.1 cm³/mol. The molecular formula is C14H20F2N2O. The minimum absolute atomic E-state index is 0.178. The summed E-state index contributed by atoms with van der Waals surface area (Å²) in [6.07, 6.45) is -1.73. The van der Waals surface area contributed by atoms with Crippen molar-refractivity contribution in [2.45, 2.75) is 26.2 Å². The molecule has 3 nitrogen and oxygen atoms in total. The number of carbonyl (C=O) groups excluding carboxylic acids is 1. The van der Waals surface area contributed by atoms with Crippen LogP contribution >= 0.6 is 0 Å². The molecule has 0 saturated heterocycles. The zero-order chi connectivity index (χ0) is 14.3. The van der Waals surface area contributed by atoms with E-state index in [0.29, 0.717) is 6.42 Å². The van der Waals surface area contributed by atoms with Crippen LogP contribution in [0.1, 0.15) is 17.5 Å². The molecule has 0 aliphatic rings. The summed E-state index contributed by atoms with van der Waals surface area (Å²) in [6, 6.07) is 7.83. The van der Waals surface area contributed by atoms with Crippen molar-refractivity contribution in [3.05, 3.63) is 35.4 Å². The van der Waals surface area contributed by atoms with Crippen molar-refractivity contribution >= 4 is 5.91 Å². The Kier molecular flexibility index (Phi) is 6.42. The van der Waals surface area contributed by atoms with Crippen molar-refractivity contribution in [1.82, 2.24) is 4.90 Å². The molecule has 106 valence electrons. The van der Waals surface area contributed by atoms with E-state index in [9.17, 15) is 13.6 Å². The molecule has 0 radical (unpaired) electrons. The van der Waals surface area contributed by atoms with Gasteiger partial charge in [-0.1, -0.05) is 29.8 Å². The van der Waals surface area contributed by atoms with Crippen LogP contribution in [0, 0.1) is 6.92 Å². The molecule has 0 aliphatic heterocycles. The molecule has 0 bridgehead atoms. The molecule has 2 N–H and O–H groups in total. The molecule has 19 heavy (non-hydrogen) atoms. The molecule has 0 fully saturated rings. The van der Waals surface area contributed by atoms with Gasteiger partial charge in [-0.15, -0.1) is 0 Å². The number of amides is 1. The maximum absolute atomic E-state index is 12.3. The minimum atomic E-state index is -2.52. The van der Waals surface area contributed by atoms with Gasteiger partial charge in [0.25, 0.3) is 6.43 Å². The average Bonchev–Trinajstić information content (AvgIpc) is 2.37. The van der Waals surface area contributed by atoms with Crippen molar-refractivity contribution in [1.29, 1.82) is 0 Å². The second-order valence-corrected chi connectivity index (χ2v) is 4.51. The predicted octanol–water partition coefficient (Wildman–Crippen LogP) is 1.98. The number of aryl methyl sites for hydroxylation is 2. The highest BCUT2D eigenvalue weighted by Crippen LogP contribution is 2.08. The second-order valence-electron chi connectivity index (χ2n) is 4.51. The zero-order valence-corrected chi connectivity index (χ0v) is 11.1. The van der Waals surface area contributed by atoms with Gasteiger partial charge in [-0.05, 0) is 18.9 Å². The van der Waals surface area contributed by atoms with E-state index in [4.69, 9.17) is 5.73 Å². The fourth-order valence-corrected chi connectivity index (χ4v) is 1.80. The fraction of sp³-hybridized carbons (Fsp3) is 0.500. The van der Waals surface area contributed by atoms with Crippen LogP contribution in [0.4, 0.5) is 8.78 Å². The molecule has 5 heteroatoms. The monoisotopic (exact) mass is 270 g/mol. The van der Waals surface area contributed by atoms with Gasteiger partial charge in [0.15, 0.2) is 0 Å². The number of carbonyl (C=O) groups is 1. The largest absolute Gasteiger partial charge is 0.336 e. The number of hydrogen-bond donors (Lipinski definition) is 1. The third-order valence-corrected chi connectivity index (χ3v) is 2.86. The van der Waals surface area contributed by atoms with Gasteiger partial charge in [-0.25, -0.2) is 8.78 Å². The molecule has 0 aliphatic carbocycles. The normalized spacial score (nSPS) is 10.8. The van der Waals surface area contributed by atoms with Crippen LogP contribution in [0.5, 0.6) is 0 Å². The van der Waals surface area contributed by atoms with Gasteiger partial charge in [0.05, 0.1) is 6.54 Å². The molecular weight excluding hydrogens is 250 g/mol.